The predicted octanol–water partition coefficient (Wildman–Crippen LogP) is 2.99. The molecular weight excluding hydrogens is 546 g/mol. The molecule has 2 saturated carbocycles. The normalized spacial score (nSPS) is 40.0. The molecule has 1 saturated heterocycles. The minimum atomic E-state index is -2.34. The highest BCUT2D eigenvalue weighted by Crippen LogP contribution is 2.63. The van der Waals surface area contributed by atoms with E-state index in [1.807, 2.05) is 0 Å². The van der Waals surface area contributed by atoms with Crippen LogP contribution in [0.1, 0.15) is 75.2 Å². The minimum absolute atomic E-state index is 0.0203. The number of carbonyl (C=O) groups is 4. The molecule has 0 unspecified atom stereocenters. The Bertz CT molecular complexity index is 1170. The smallest absolute Gasteiger partial charge is 0.303 e. The molecule has 2 bridgehead atoms. The van der Waals surface area contributed by atoms with Crippen molar-refractivity contribution < 1.29 is 42.9 Å². The molecule has 0 aromatic carbocycles. The molecule has 3 N–H and O–H groups in total. The molecule has 4 aliphatic rings. The van der Waals surface area contributed by atoms with E-state index in [0.29, 0.717) is 0 Å². The van der Waals surface area contributed by atoms with E-state index in [1.165, 1.54) is 13.8 Å². The van der Waals surface area contributed by atoms with Gasteiger partial charge in [-0.3, -0.25) is 19.2 Å². The zero-order valence-electron chi connectivity index (χ0n) is 25.9. The standard InChI is InChI=1S/C30H47NO9Si/c1-10-41(11-2,12-3)40-20-13-21-29(15-37-21,39-18(6)33)24-25(31)30(36)14-19(34)16(4)22(27(30,7)8)23(38-17(5)32)26(35)28(20,24)9/h20-21,23-25,36H,10-15,31H2,1-9H3/t20-,21+,23+,24-,25-,28+,29-,30+/m0/s1. The molecule has 3 fully saturated rings. The Kier molecular flexibility index (Phi) is 8.09. The summed E-state index contributed by atoms with van der Waals surface area (Å²) in [4.78, 5) is 53.7. The number of hydrogen-bond donors (Lipinski definition) is 2. The number of esters is 2. The van der Waals surface area contributed by atoms with Crippen LogP contribution >= 0.6 is 0 Å². The molecule has 0 aromatic rings. The molecule has 0 radical (unpaired) electrons. The lowest BCUT2D eigenvalue weighted by atomic mass is 9.44. The van der Waals surface area contributed by atoms with Crippen LogP contribution in [0.3, 0.4) is 0 Å². The highest BCUT2D eigenvalue weighted by Gasteiger charge is 2.77. The zero-order chi connectivity index (χ0) is 30.9. The number of allylic oxidation sites excluding steroid dienone is 1. The van der Waals surface area contributed by atoms with Crippen LogP contribution in [0.25, 0.3) is 0 Å². The molecular formula is C30H47NO9Si. The number of Topliss-reactive ketones (excluding diaryl/α,β-unsaturated/α-hetero) is 2. The van der Waals surface area contributed by atoms with Crippen molar-refractivity contribution in [1.29, 1.82) is 0 Å². The Labute approximate surface area is 243 Å². The molecule has 0 aromatic heterocycles. The van der Waals surface area contributed by atoms with E-state index < -0.39 is 78.3 Å². The predicted molar refractivity (Wildman–Crippen MR) is 152 cm³/mol. The van der Waals surface area contributed by atoms with Crippen molar-refractivity contribution in [2.24, 2.45) is 22.5 Å². The SMILES string of the molecule is CC[Si](CC)(CC)O[C@H]1C[C@H]2OC[C@@]2(OC(C)=O)[C@H]2[C@H](N)[C@]3(O)CC(=O)C(C)=C([C@@H](OC(C)=O)C(=O)[C@]12C)C3(C)C. The quantitative estimate of drug-likeness (QED) is 0.333. The van der Waals surface area contributed by atoms with Crippen LogP contribution in [0.2, 0.25) is 18.1 Å². The van der Waals surface area contributed by atoms with Gasteiger partial charge in [-0.2, -0.15) is 0 Å². The van der Waals surface area contributed by atoms with Crippen molar-refractivity contribution in [3.8, 4) is 0 Å². The lowest BCUT2D eigenvalue weighted by Crippen LogP contribution is -2.83. The summed E-state index contributed by atoms with van der Waals surface area (Å²) >= 11 is 0. The van der Waals surface area contributed by atoms with Gasteiger partial charge in [0.1, 0.15) is 6.10 Å². The van der Waals surface area contributed by atoms with Gasteiger partial charge in [0.2, 0.25) is 0 Å². The third-order valence-corrected chi connectivity index (χ3v) is 15.9. The molecule has 3 aliphatic carbocycles. The van der Waals surface area contributed by atoms with Crippen molar-refractivity contribution in [3.05, 3.63) is 11.1 Å². The number of aliphatic hydroxyl groups is 1. The van der Waals surface area contributed by atoms with Gasteiger partial charge in [-0.1, -0.05) is 34.6 Å². The molecule has 0 amide bonds. The van der Waals surface area contributed by atoms with Crippen molar-refractivity contribution in [2.45, 2.75) is 129 Å². The van der Waals surface area contributed by atoms with Crippen molar-refractivity contribution >= 4 is 31.8 Å². The van der Waals surface area contributed by atoms with Crippen LogP contribution in [0, 0.1) is 16.7 Å². The third kappa shape index (κ3) is 4.32. The Morgan fingerprint density at radius 1 is 1.07 bits per heavy atom. The van der Waals surface area contributed by atoms with Crippen molar-refractivity contribution in [1.82, 2.24) is 0 Å². The fraction of sp³-hybridized carbons (Fsp3) is 0.800. The number of ketones is 2. The summed E-state index contributed by atoms with van der Waals surface area (Å²) in [7, 11) is -2.34. The average Bonchev–Trinajstić information content (AvgIpc) is 2.88. The van der Waals surface area contributed by atoms with Gasteiger partial charge in [-0.25, -0.2) is 0 Å². The van der Waals surface area contributed by atoms with Gasteiger partial charge in [0.05, 0.1) is 23.7 Å². The van der Waals surface area contributed by atoms with Gasteiger partial charge in [0.15, 0.2) is 31.6 Å². The second kappa shape index (κ2) is 10.4. The van der Waals surface area contributed by atoms with E-state index in [9.17, 15) is 19.5 Å². The molecule has 1 heterocycles. The highest BCUT2D eigenvalue weighted by molar-refractivity contribution is 6.73. The largest absolute Gasteiger partial charge is 0.454 e. The number of carbonyl (C=O) groups excluding carboxylic acids is 4. The van der Waals surface area contributed by atoms with Gasteiger partial charge in [-0.05, 0) is 43.1 Å². The number of fused-ring (bicyclic) bond motifs is 5. The number of ether oxygens (including phenoxy) is 3. The monoisotopic (exact) mass is 593 g/mol. The van der Waals surface area contributed by atoms with Crippen molar-refractivity contribution in [3.63, 3.8) is 0 Å². The minimum Gasteiger partial charge on any atom is -0.454 e. The van der Waals surface area contributed by atoms with Gasteiger partial charge >= 0.3 is 11.9 Å². The van der Waals surface area contributed by atoms with E-state index in [4.69, 9.17) is 24.4 Å². The lowest BCUT2D eigenvalue weighted by molar-refractivity contribution is -0.328. The first-order valence-electron chi connectivity index (χ1n) is 14.8. The van der Waals surface area contributed by atoms with Gasteiger partial charge in [-0.15, -0.1) is 0 Å². The van der Waals surface area contributed by atoms with E-state index in [1.54, 1.807) is 27.7 Å². The topological polar surface area (TPSA) is 151 Å². The zero-order valence-corrected chi connectivity index (χ0v) is 26.9. The fourth-order valence-electron chi connectivity index (χ4n) is 8.43. The maximum Gasteiger partial charge on any atom is 0.303 e. The Hall–Kier alpha value is -1.92. The molecule has 4 rings (SSSR count). The molecule has 41 heavy (non-hydrogen) atoms. The van der Waals surface area contributed by atoms with E-state index in [0.717, 1.165) is 18.1 Å². The van der Waals surface area contributed by atoms with Crippen LogP contribution in [0.5, 0.6) is 0 Å². The molecule has 1 aliphatic heterocycles. The maximum absolute atomic E-state index is 15.1. The summed E-state index contributed by atoms with van der Waals surface area (Å²) in [6.07, 6.45) is -2.84. The Morgan fingerprint density at radius 3 is 2.12 bits per heavy atom. The van der Waals surface area contributed by atoms with Gasteiger partial charge in [0, 0.05) is 44.1 Å². The molecule has 10 nitrogen and oxygen atoms in total. The van der Waals surface area contributed by atoms with E-state index in [-0.39, 0.29) is 36.4 Å². The Morgan fingerprint density at radius 2 is 1.66 bits per heavy atom. The molecule has 8 atom stereocenters. The summed E-state index contributed by atoms with van der Waals surface area (Å²) < 4.78 is 24.9. The molecule has 0 spiro atoms. The summed E-state index contributed by atoms with van der Waals surface area (Å²) in [5, 5.41) is 12.6. The second-order valence-corrected chi connectivity index (χ2v) is 18.0. The lowest BCUT2D eigenvalue weighted by Gasteiger charge is -2.68. The first kappa shape index (κ1) is 32.0. The molecule has 11 heteroatoms. The fourth-order valence-corrected chi connectivity index (χ4v) is 11.4. The maximum atomic E-state index is 15.1. The van der Waals surface area contributed by atoms with E-state index >= 15 is 4.79 Å². The van der Waals surface area contributed by atoms with Crippen LogP contribution in [-0.4, -0.2) is 79.1 Å². The highest BCUT2D eigenvalue weighted by atomic mass is 28.4. The second-order valence-electron chi connectivity index (χ2n) is 13.3. The summed E-state index contributed by atoms with van der Waals surface area (Å²) in [6, 6.07) is 1.26. The number of rotatable bonds is 7. The molecule has 230 valence electrons. The first-order valence-corrected chi connectivity index (χ1v) is 17.4. The van der Waals surface area contributed by atoms with Gasteiger partial charge in [0.25, 0.3) is 0 Å². The van der Waals surface area contributed by atoms with Gasteiger partial charge < -0.3 is 29.5 Å². The summed E-state index contributed by atoms with van der Waals surface area (Å²) in [6.45, 7) is 15.5. The van der Waals surface area contributed by atoms with Crippen LogP contribution in [-0.2, 0) is 37.8 Å². The number of nitrogens with two attached hydrogens (primary N) is 1. The third-order valence-electron chi connectivity index (χ3n) is 11.2. The summed E-state index contributed by atoms with van der Waals surface area (Å²) in [5.74, 6) is -3.12. The van der Waals surface area contributed by atoms with E-state index in [2.05, 4.69) is 20.8 Å². The van der Waals surface area contributed by atoms with Crippen LogP contribution < -0.4 is 5.73 Å². The van der Waals surface area contributed by atoms with Crippen LogP contribution in [0.4, 0.5) is 0 Å². The first-order chi connectivity index (χ1) is 18.9. The van der Waals surface area contributed by atoms with Crippen molar-refractivity contribution in [2.75, 3.05) is 6.61 Å². The Balaban J connectivity index is 2.08. The average molecular weight is 594 g/mol. The summed E-state index contributed by atoms with van der Waals surface area (Å²) in [5.41, 5.74) is 1.72. The van der Waals surface area contributed by atoms with Crippen LogP contribution in [0.15, 0.2) is 11.1 Å². The number of hydrogen-bond acceptors (Lipinski definition) is 10.